The minimum Gasteiger partial charge on any atom is -0.487 e. The predicted molar refractivity (Wildman–Crippen MR) is 120 cm³/mol. The molecule has 0 radical (unpaired) electrons. The average molecular weight is 437 g/mol. The number of carbonyl (C=O) groups is 1. The summed E-state index contributed by atoms with van der Waals surface area (Å²) in [4.78, 5) is 17.0. The van der Waals surface area contributed by atoms with Crippen LogP contribution >= 0.6 is 12.2 Å². The maximum absolute atomic E-state index is 12.4. The van der Waals surface area contributed by atoms with Crippen molar-refractivity contribution in [2.45, 2.75) is 33.4 Å². The largest absolute Gasteiger partial charge is 0.487 e. The summed E-state index contributed by atoms with van der Waals surface area (Å²) < 4.78 is 10.3. The number of aromatic nitrogens is 5. The number of aryl methyl sites for hydroxylation is 1. The van der Waals surface area contributed by atoms with E-state index in [1.807, 2.05) is 47.3 Å². The first kappa shape index (κ1) is 20.8. The number of hydrogen-bond acceptors (Lipinski definition) is 5. The highest BCUT2D eigenvalue weighted by Gasteiger charge is 2.09. The van der Waals surface area contributed by atoms with Crippen molar-refractivity contribution in [1.82, 2.24) is 29.5 Å². The van der Waals surface area contributed by atoms with Crippen molar-refractivity contribution in [2.24, 2.45) is 0 Å². The fraction of sp³-hybridized carbons (Fsp3) is 0.273. The third-order valence-corrected chi connectivity index (χ3v) is 5.33. The minimum atomic E-state index is -0.139. The molecule has 0 spiro atoms. The Morgan fingerprint density at radius 3 is 2.81 bits per heavy atom. The van der Waals surface area contributed by atoms with E-state index < -0.39 is 0 Å². The van der Waals surface area contributed by atoms with E-state index in [4.69, 9.17) is 17.0 Å². The lowest BCUT2D eigenvalue weighted by Gasteiger charge is -2.08. The van der Waals surface area contributed by atoms with Crippen LogP contribution in [0.1, 0.15) is 34.4 Å². The van der Waals surface area contributed by atoms with Gasteiger partial charge in [-0.3, -0.25) is 9.89 Å². The summed E-state index contributed by atoms with van der Waals surface area (Å²) in [6.45, 7) is 5.62. The molecule has 0 saturated carbocycles. The van der Waals surface area contributed by atoms with Gasteiger partial charge in [-0.05, 0) is 62.0 Å². The SMILES string of the molecule is CCn1c(CCNC(=O)c2ccc(OCc3cn4cccc(C)c4n3)cc2)n[nH]c1=S. The molecule has 4 aromatic rings. The number of H-pyrrole nitrogens is 1. The van der Waals surface area contributed by atoms with Crippen LogP contribution in [-0.2, 0) is 19.6 Å². The van der Waals surface area contributed by atoms with Crippen LogP contribution in [-0.4, -0.2) is 36.6 Å². The molecule has 0 unspecified atom stereocenters. The zero-order valence-corrected chi connectivity index (χ0v) is 18.3. The van der Waals surface area contributed by atoms with Crippen molar-refractivity contribution in [1.29, 1.82) is 0 Å². The quantitative estimate of drug-likeness (QED) is 0.413. The smallest absolute Gasteiger partial charge is 0.251 e. The van der Waals surface area contributed by atoms with Crippen molar-refractivity contribution >= 4 is 23.8 Å². The third kappa shape index (κ3) is 4.66. The number of aromatic amines is 1. The van der Waals surface area contributed by atoms with Gasteiger partial charge in [0.15, 0.2) is 4.77 Å². The van der Waals surface area contributed by atoms with E-state index in [2.05, 4.69) is 20.5 Å². The number of imidazole rings is 1. The van der Waals surface area contributed by atoms with Gasteiger partial charge < -0.3 is 19.0 Å². The number of benzene rings is 1. The molecular weight excluding hydrogens is 412 g/mol. The maximum Gasteiger partial charge on any atom is 0.251 e. The number of fused-ring (bicyclic) bond motifs is 1. The second-order valence-electron chi connectivity index (χ2n) is 7.16. The number of nitrogens with zero attached hydrogens (tertiary/aromatic N) is 4. The first-order chi connectivity index (χ1) is 15.0. The number of carbonyl (C=O) groups excluding carboxylic acids is 1. The Balaban J connectivity index is 1.30. The lowest BCUT2D eigenvalue weighted by molar-refractivity contribution is 0.0954. The van der Waals surface area contributed by atoms with E-state index in [0.29, 0.717) is 35.7 Å². The highest BCUT2D eigenvalue weighted by atomic mass is 32.1. The lowest BCUT2D eigenvalue weighted by Crippen LogP contribution is -2.26. The second-order valence-corrected chi connectivity index (χ2v) is 7.55. The second kappa shape index (κ2) is 9.13. The molecule has 1 amide bonds. The Morgan fingerprint density at radius 1 is 1.26 bits per heavy atom. The van der Waals surface area contributed by atoms with Crippen molar-refractivity contribution < 1.29 is 9.53 Å². The zero-order valence-electron chi connectivity index (χ0n) is 17.5. The molecule has 9 heteroatoms. The topological polar surface area (TPSA) is 89.2 Å². The van der Waals surface area contributed by atoms with E-state index in [-0.39, 0.29) is 5.91 Å². The molecule has 31 heavy (non-hydrogen) atoms. The number of rotatable bonds is 8. The fourth-order valence-corrected chi connectivity index (χ4v) is 3.67. The Labute approximate surface area is 184 Å². The molecule has 1 aromatic carbocycles. The number of ether oxygens (including phenoxy) is 1. The Bertz CT molecular complexity index is 1260. The summed E-state index contributed by atoms with van der Waals surface area (Å²) in [5, 5.41) is 9.90. The molecule has 0 fully saturated rings. The van der Waals surface area contributed by atoms with Gasteiger partial charge in [0.05, 0.1) is 5.69 Å². The summed E-state index contributed by atoms with van der Waals surface area (Å²) in [5.74, 6) is 1.38. The Hall–Kier alpha value is -3.46. The number of amides is 1. The van der Waals surface area contributed by atoms with Gasteiger partial charge in [0.2, 0.25) is 0 Å². The molecule has 0 aliphatic rings. The van der Waals surface area contributed by atoms with Gasteiger partial charge in [0, 0.05) is 37.5 Å². The fourth-order valence-electron chi connectivity index (χ4n) is 3.39. The van der Waals surface area contributed by atoms with Crippen LogP contribution in [0.5, 0.6) is 5.75 Å². The van der Waals surface area contributed by atoms with Crippen LogP contribution in [0.3, 0.4) is 0 Å². The molecule has 0 aliphatic heterocycles. The summed E-state index contributed by atoms with van der Waals surface area (Å²) in [5.41, 5.74) is 3.47. The van der Waals surface area contributed by atoms with E-state index in [1.165, 1.54) is 0 Å². The van der Waals surface area contributed by atoms with Gasteiger partial charge in [-0.2, -0.15) is 5.10 Å². The maximum atomic E-state index is 12.4. The van der Waals surface area contributed by atoms with Crippen LogP contribution in [0.25, 0.3) is 5.65 Å². The zero-order chi connectivity index (χ0) is 21.8. The Kier molecular flexibility index (Phi) is 6.13. The Morgan fingerprint density at radius 2 is 2.06 bits per heavy atom. The molecule has 0 saturated heterocycles. The highest BCUT2D eigenvalue weighted by molar-refractivity contribution is 7.71. The third-order valence-electron chi connectivity index (χ3n) is 5.02. The first-order valence-corrected chi connectivity index (χ1v) is 10.5. The van der Waals surface area contributed by atoms with Gasteiger partial charge in [0.1, 0.15) is 23.8 Å². The van der Waals surface area contributed by atoms with E-state index in [1.54, 1.807) is 24.3 Å². The molecule has 4 rings (SSSR count). The number of pyridine rings is 1. The summed E-state index contributed by atoms with van der Waals surface area (Å²) in [6.07, 6.45) is 4.53. The lowest BCUT2D eigenvalue weighted by atomic mass is 10.2. The molecule has 160 valence electrons. The van der Waals surface area contributed by atoms with Gasteiger partial charge in [-0.25, -0.2) is 4.98 Å². The van der Waals surface area contributed by atoms with Crippen LogP contribution in [0.2, 0.25) is 0 Å². The highest BCUT2D eigenvalue weighted by Crippen LogP contribution is 2.15. The van der Waals surface area contributed by atoms with E-state index >= 15 is 0 Å². The van der Waals surface area contributed by atoms with Crippen LogP contribution in [0, 0.1) is 11.7 Å². The molecule has 0 aliphatic carbocycles. The molecule has 3 aromatic heterocycles. The molecule has 3 heterocycles. The van der Waals surface area contributed by atoms with Crippen molar-refractivity contribution in [3.63, 3.8) is 0 Å². The van der Waals surface area contributed by atoms with E-state index in [0.717, 1.165) is 29.3 Å². The molecule has 8 nitrogen and oxygen atoms in total. The van der Waals surface area contributed by atoms with Gasteiger partial charge in [0.25, 0.3) is 5.91 Å². The van der Waals surface area contributed by atoms with Crippen molar-refractivity contribution in [3.8, 4) is 5.75 Å². The van der Waals surface area contributed by atoms with Crippen molar-refractivity contribution in [3.05, 3.63) is 76.2 Å². The molecule has 2 N–H and O–H groups in total. The molecule has 0 bridgehead atoms. The van der Waals surface area contributed by atoms with Crippen LogP contribution < -0.4 is 10.1 Å². The molecule has 0 atom stereocenters. The standard InChI is InChI=1S/C22H24N6O2S/c1-3-28-19(25-26-22(28)31)10-11-23-21(29)16-6-8-18(9-7-16)30-14-17-13-27-12-4-5-15(2)20(27)24-17/h4-9,12-13H,3,10-11,14H2,1-2H3,(H,23,29)(H,26,31). The predicted octanol–water partition coefficient (Wildman–Crippen LogP) is 3.47. The van der Waals surface area contributed by atoms with E-state index in [9.17, 15) is 4.79 Å². The normalized spacial score (nSPS) is 11.0. The van der Waals surface area contributed by atoms with Crippen molar-refractivity contribution in [2.75, 3.05) is 6.54 Å². The first-order valence-electron chi connectivity index (χ1n) is 10.1. The monoisotopic (exact) mass is 436 g/mol. The average Bonchev–Trinajstić information content (AvgIpc) is 3.36. The van der Waals surface area contributed by atoms with Gasteiger partial charge >= 0.3 is 0 Å². The van der Waals surface area contributed by atoms with Gasteiger partial charge in [-0.15, -0.1) is 0 Å². The summed E-state index contributed by atoms with van der Waals surface area (Å²) in [6, 6.07) is 11.1. The van der Waals surface area contributed by atoms with Gasteiger partial charge in [-0.1, -0.05) is 6.07 Å². The number of nitrogens with one attached hydrogen (secondary N) is 2. The molecular formula is C22H24N6O2S. The number of hydrogen-bond donors (Lipinski definition) is 2. The van der Waals surface area contributed by atoms with Crippen LogP contribution in [0.15, 0.2) is 48.8 Å². The van der Waals surface area contributed by atoms with Crippen LogP contribution in [0.4, 0.5) is 0 Å². The minimum absolute atomic E-state index is 0.139. The summed E-state index contributed by atoms with van der Waals surface area (Å²) in [7, 11) is 0. The summed E-state index contributed by atoms with van der Waals surface area (Å²) >= 11 is 5.18.